The summed E-state index contributed by atoms with van der Waals surface area (Å²) in [5.41, 5.74) is 3.10. The molecule has 5 heteroatoms. The lowest BCUT2D eigenvalue weighted by Crippen LogP contribution is -2.45. The molecule has 0 N–H and O–H groups in total. The lowest BCUT2D eigenvalue weighted by atomic mass is 10.1. The maximum Gasteiger partial charge on any atom is 0.274 e. The average Bonchev–Trinajstić information content (AvgIpc) is 2.56. The monoisotopic (exact) mass is 297 g/mol. The van der Waals surface area contributed by atoms with Gasteiger partial charge in [0.05, 0.1) is 30.5 Å². The van der Waals surface area contributed by atoms with Crippen molar-refractivity contribution in [2.24, 2.45) is 0 Å². The maximum absolute atomic E-state index is 12.8. The fourth-order valence-electron chi connectivity index (χ4n) is 2.87. The van der Waals surface area contributed by atoms with E-state index in [4.69, 9.17) is 4.74 Å². The average molecular weight is 297 g/mol. The standard InChI is InChI=1S/C17H19N3O2/c1-13-4-5-15(11-14(13)12-18)20-6-2-3-16(17(20)21)19-7-9-22-10-8-19/h3-5,11H,2,6-10H2,1H3. The quantitative estimate of drug-likeness (QED) is 0.835. The van der Waals surface area contributed by atoms with Gasteiger partial charge >= 0.3 is 0 Å². The molecule has 0 aromatic heterocycles. The van der Waals surface area contributed by atoms with Crippen LogP contribution in [-0.2, 0) is 9.53 Å². The predicted molar refractivity (Wildman–Crippen MR) is 83.3 cm³/mol. The first-order valence-electron chi connectivity index (χ1n) is 7.56. The molecule has 114 valence electrons. The van der Waals surface area contributed by atoms with Crippen LogP contribution in [0.4, 0.5) is 5.69 Å². The molecule has 2 aliphatic heterocycles. The second kappa shape index (κ2) is 6.20. The summed E-state index contributed by atoms with van der Waals surface area (Å²) >= 11 is 0. The van der Waals surface area contributed by atoms with E-state index in [9.17, 15) is 10.1 Å². The third-order valence-electron chi connectivity index (χ3n) is 4.16. The third kappa shape index (κ3) is 2.70. The smallest absolute Gasteiger partial charge is 0.274 e. The molecule has 2 aliphatic rings. The summed E-state index contributed by atoms with van der Waals surface area (Å²) in [6.45, 7) is 5.38. The van der Waals surface area contributed by atoms with Crippen molar-refractivity contribution in [1.82, 2.24) is 4.90 Å². The summed E-state index contributed by atoms with van der Waals surface area (Å²) in [4.78, 5) is 16.7. The van der Waals surface area contributed by atoms with Crippen molar-refractivity contribution in [1.29, 1.82) is 5.26 Å². The Morgan fingerprint density at radius 1 is 1.23 bits per heavy atom. The first kappa shape index (κ1) is 14.6. The second-order valence-electron chi connectivity index (χ2n) is 5.55. The molecule has 0 saturated carbocycles. The molecule has 0 spiro atoms. The highest BCUT2D eigenvalue weighted by atomic mass is 16.5. The van der Waals surface area contributed by atoms with Gasteiger partial charge in [0.2, 0.25) is 0 Å². The Hall–Kier alpha value is -2.32. The maximum atomic E-state index is 12.8. The molecule has 22 heavy (non-hydrogen) atoms. The van der Waals surface area contributed by atoms with Gasteiger partial charge in [0.1, 0.15) is 0 Å². The number of nitriles is 1. The van der Waals surface area contributed by atoms with Crippen molar-refractivity contribution in [2.45, 2.75) is 13.3 Å². The van der Waals surface area contributed by atoms with E-state index in [0.29, 0.717) is 25.3 Å². The first-order chi connectivity index (χ1) is 10.7. The highest BCUT2D eigenvalue weighted by Crippen LogP contribution is 2.25. The molecule has 5 nitrogen and oxygen atoms in total. The number of rotatable bonds is 2. The zero-order valence-electron chi connectivity index (χ0n) is 12.7. The number of ether oxygens (including phenoxy) is 1. The Kier molecular flexibility index (Phi) is 4.12. The summed E-state index contributed by atoms with van der Waals surface area (Å²) in [6, 6.07) is 7.80. The van der Waals surface area contributed by atoms with Gasteiger partial charge < -0.3 is 14.5 Å². The van der Waals surface area contributed by atoms with Crippen LogP contribution in [0.1, 0.15) is 17.5 Å². The molecule has 1 amide bonds. The Morgan fingerprint density at radius 2 is 2.00 bits per heavy atom. The van der Waals surface area contributed by atoms with Gasteiger partial charge in [-0.1, -0.05) is 12.1 Å². The molecule has 0 bridgehead atoms. The molecular formula is C17H19N3O2. The Balaban J connectivity index is 1.85. The minimum atomic E-state index is 0.0147. The molecule has 3 rings (SSSR count). The molecule has 2 heterocycles. The van der Waals surface area contributed by atoms with Crippen molar-refractivity contribution in [3.05, 3.63) is 41.1 Å². The van der Waals surface area contributed by atoms with Crippen LogP contribution in [0, 0.1) is 18.3 Å². The number of carbonyl (C=O) groups is 1. The SMILES string of the molecule is Cc1ccc(N2CCC=C(N3CCOCC3)C2=O)cc1C#N. The number of benzene rings is 1. The van der Waals surface area contributed by atoms with Crippen molar-refractivity contribution >= 4 is 11.6 Å². The fourth-order valence-corrected chi connectivity index (χ4v) is 2.87. The van der Waals surface area contributed by atoms with Gasteiger partial charge in [-0.15, -0.1) is 0 Å². The Labute approximate surface area is 130 Å². The number of amides is 1. The van der Waals surface area contributed by atoms with Gasteiger partial charge in [0.25, 0.3) is 5.91 Å². The second-order valence-corrected chi connectivity index (χ2v) is 5.55. The van der Waals surface area contributed by atoms with E-state index in [1.54, 1.807) is 11.0 Å². The lowest BCUT2D eigenvalue weighted by Gasteiger charge is -2.35. The normalized spacial score (nSPS) is 18.9. The predicted octanol–water partition coefficient (Wildman–Crippen LogP) is 1.82. The molecule has 1 aromatic rings. The van der Waals surface area contributed by atoms with E-state index in [0.717, 1.165) is 36.5 Å². The Morgan fingerprint density at radius 3 is 2.73 bits per heavy atom. The number of morpholine rings is 1. The molecule has 1 aromatic carbocycles. The van der Waals surface area contributed by atoms with Crippen LogP contribution in [0.5, 0.6) is 0 Å². The van der Waals surface area contributed by atoms with Crippen LogP contribution >= 0.6 is 0 Å². The van der Waals surface area contributed by atoms with Gasteiger partial charge in [0, 0.05) is 25.3 Å². The van der Waals surface area contributed by atoms with E-state index in [1.165, 1.54) is 0 Å². The zero-order valence-corrected chi connectivity index (χ0v) is 12.7. The van der Waals surface area contributed by atoms with Gasteiger partial charge in [0.15, 0.2) is 0 Å². The fraction of sp³-hybridized carbons (Fsp3) is 0.412. The molecule has 0 radical (unpaired) electrons. The number of aryl methyl sites for hydroxylation is 1. The largest absolute Gasteiger partial charge is 0.378 e. The van der Waals surface area contributed by atoms with Crippen LogP contribution in [-0.4, -0.2) is 43.7 Å². The summed E-state index contributed by atoms with van der Waals surface area (Å²) < 4.78 is 5.35. The van der Waals surface area contributed by atoms with Crippen molar-refractivity contribution in [3.8, 4) is 6.07 Å². The minimum absolute atomic E-state index is 0.0147. The number of nitrogens with zero attached hydrogens (tertiary/aromatic N) is 3. The zero-order chi connectivity index (χ0) is 15.5. The number of carbonyl (C=O) groups excluding carboxylic acids is 1. The highest BCUT2D eigenvalue weighted by Gasteiger charge is 2.28. The number of anilines is 1. The number of hydrogen-bond acceptors (Lipinski definition) is 4. The Bertz CT molecular complexity index is 654. The van der Waals surface area contributed by atoms with E-state index in [-0.39, 0.29) is 5.91 Å². The topological polar surface area (TPSA) is 56.6 Å². The van der Waals surface area contributed by atoms with Crippen LogP contribution < -0.4 is 4.90 Å². The van der Waals surface area contributed by atoms with E-state index in [1.807, 2.05) is 25.1 Å². The summed E-state index contributed by atoms with van der Waals surface area (Å²) in [6.07, 6.45) is 2.84. The minimum Gasteiger partial charge on any atom is -0.378 e. The van der Waals surface area contributed by atoms with E-state index < -0.39 is 0 Å². The summed E-state index contributed by atoms with van der Waals surface area (Å²) in [5, 5.41) is 9.18. The van der Waals surface area contributed by atoms with Crippen LogP contribution in [0.15, 0.2) is 30.0 Å². The van der Waals surface area contributed by atoms with E-state index in [2.05, 4.69) is 11.0 Å². The van der Waals surface area contributed by atoms with Gasteiger partial charge in [-0.25, -0.2) is 0 Å². The van der Waals surface area contributed by atoms with Gasteiger partial charge in [-0.3, -0.25) is 4.79 Å². The van der Waals surface area contributed by atoms with Crippen molar-refractivity contribution in [3.63, 3.8) is 0 Å². The molecule has 1 fully saturated rings. The summed E-state index contributed by atoms with van der Waals surface area (Å²) in [7, 11) is 0. The summed E-state index contributed by atoms with van der Waals surface area (Å²) in [5.74, 6) is 0.0147. The van der Waals surface area contributed by atoms with Crippen LogP contribution in [0.3, 0.4) is 0 Å². The van der Waals surface area contributed by atoms with E-state index >= 15 is 0 Å². The number of hydrogen-bond donors (Lipinski definition) is 0. The highest BCUT2D eigenvalue weighted by molar-refractivity contribution is 6.06. The molecule has 1 saturated heterocycles. The first-order valence-corrected chi connectivity index (χ1v) is 7.56. The third-order valence-corrected chi connectivity index (χ3v) is 4.16. The van der Waals surface area contributed by atoms with Crippen molar-refractivity contribution < 1.29 is 9.53 Å². The molecular weight excluding hydrogens is 278 g/mol. The molecule has 0 atom stereocenters. The van der Waals surface area contributed by atoms with Crippen LogP contribution in [0.25, 0.3) is 0 Å². The molecule has 0 unspecified atom stereocenters. The van der Waals surface area contributed by atoms with Crippen LogP contribution in [0.2, 0.25) is 0 Å². The lowest BCUT2D eigenvalue weighted by molar-refractivity contribution is -0.117. The van der Waals surface area contributed by atoms with Gasteiger partial charge in [-0.05, 0) is 31.0 Å². The molecule has 0 aliphatic carbocycles. The van der Waals surface area contributed by atoms with Crippen molar-refractivity contribution in [2.75, 3.05) is 37.7 Å². The van der Waals surface area contributed by atoms with Gasteiger partial charge in [-0.2, -0.15) is 5.26 Å².